The van der Waals surface area contributed by atoms with Crippen molar-refractivity contribution in [1.29, 1.82) is 0 Å². The highest BCUT2D eigenvalue weighted by Gasteiger charge is 2.34. The Hall–Kier alpha value is -0.590. The normalized spacial score (nSPS) is 21.6. The van der Waals surface area contributed by atoms with Gasteiger partial charge in [-0.1, -0.05) is 53.2 Å². The number of hydrogen-bond acceptors (Lipinski definition) is 3. The zero-order valence-electron chi connectivity index (χ0n) is 13.2. The van der Waals surface area contributed by atoms with E-state index in [-0.39, 0.29) is 5.91 Å². The monoisotopic (exact) mass is 401 g/mol. The molecule has 0 bridgehead atoms. The van der Waals surface area contributed by atoms with Crippen molar-refractivity contribution in [2.45, 2.75) is 25.7 Å². The van der Waals surface area contributed by atoms with E-state index in [1.807, 2.05) is 6.07 Å². The van der Waals surface area contributed by atoms with Crippen LogP contribution in [-0.4, -0.2) is 34.9 Å². The summed E-state index contributed by atoms with van der Waals surface area (Å²) in [6.07, 6.45) is 6.82. The molecule has 3 rings (SSSR count). The minimum Gasteiger partial charge on any atom is -0.317 e. The lowest BCUT2D eigenvalue weighted by Gasteiger charge is -2.22. The van der Waals surface area contributed by atoms with E-state index in [1.54, 1.807) is 23.1 Å². The molecule has 1 aromatic rings. The van der Waals surface area contributed by atoms with E-state index in [1.165, 1.54) is 42.3 Å². The van der Waals surface area contributed by atoms with Crippen LogP contribution in [0.25, 0.3) is 6.08 Å². The van der Waals surface area contributed by atoms with E-state index in [4.69, 9.17) is 35.4 Å². The average molecular weight is 402 g/mol. The Morgan fingerprint density at radius 2 is 1.92 bits per heavy atom. The summed E-state index contributed by atoms with van der Waals surface area (Å²) in [5, 5.41) is 1.11. The highest BCUT2D eigenvalue weighted by atomic mass is 35.5. The zero-order chi connectivity index (χ0) is 17.1. The summed E-state index contributed by atoms with van der Waals surface area (Å²) in [7, 11) is 0. The highest BCUT2D eigenvalue weighted by Crippen LogP contribution is 2.33. The number of thiocarbonyl (C=S) groups is 1. The number of carbonyl (C=O) groups is 1. The second-order valence-electron chi connectivity index (χ2n) is 6.10. The molecule has 128 valence electrons. The van der Waals surface area contributed by atoms with Gasteiger partial charge < -0.3 is 4.90 Å². The molecule has 0 atom stereocenters. The summed E-state index contributed by atoms with van der Waals surface area (Å²) < 4.78 is 0.632. The smallest absolute Gasteiger partial charge is 0.270 e. The Morgan fingerprint density at radius 3 is 2.58 bits per heavy atom. The Bertz CT molecular complexity index is 685. The number of carbonyl (C=O) groups excluding carboxylic acids is 1. The number of hydrogen-bond donors (Lipinski definition) is 1. The molecule has 1 N–H and O–H groups in total. The SMILES string of the molecule is O=C1C(=Cc2ccc(Cl)cc2Cl)SC(=S)N1C[NH+]1CCCCCC1. The minimum absolute atomic E-state index is 0.0206. The number of nitrogens with one attached hydrogen (secondary N) is 1. The fourth-order valence-corrected chi connectivity index (χ4v) is 4.72. The average Bonchev–Trinajstić information content (AvgIpc) is 2.74. The number of amides is 1. The van der Waals surface area contributed by atoms with Crippen LogP contribution < -0.4 is 4.90 Å². The molecular weight excluding hydrogens is 383 g/mol. The molecule has 24 heavy (non-hydrogen) atoms. The maximum atomic E-state index is 12.7. The summed E-state index contributed by atoms with van der Waals surface area (Å²) in [6.45, 7) is 2.88. The van der Waals surface area contributed by atoms with Gasteiger partial charge in [-0.15, -0.1) is 0 Å². The van der Waals surface area contributed by atoms with Crippen molar-refractivity contribution >= 4 is 63.5 Å². The van der Waals surface area contributed by atoms with Gasteiger partial charge in [-0.25, -0.2) is 4.90 Å². The number of benzene rings is 1. The topological polar surface area (TPSA) is 24.8 Å². The number of thioether (sulfide) groups is 1. The van der Waals surface area contributed by atoms with Crippen LogP contribution in [0.5, 0.6) is 0 Å². The van der Waals surface area contributed by atoms with Crippen molar-refractivity contribution in [1.82, 2.24) is 4.90 Å². The Balaban J connectivity index is 1.74. The molecule has 2 fully saturated rings. The van der Waals surface area contributed by atoms with Crippen molar-refractivity contribution in [3.8, 4) is 0 Å². The third-order valence-corrected chi connectivity index (χ3v) is 6.26. The molecule has 0 saturated carbocycles. The zero-order valence-corrected chi connectivity index (χ0v) is 16.3. The van der Waals surface area contributed by atoms with E-state index < -0.39 is 0 Å². The van der Waals surface area contributed by atoms with Gasteiger partial charge in [0, 0.05) is 10.0 Å². The molecule has 2 aliphatic heterocycles. The van der Waals surface area contributed by atoms with E-state index >= 15 is 0 Å². The van der Waals surface area contributed by atoms with Crippen molar-refractivity contribution in [2.24, 2.45) is 0 Å². The highest BCUT2D eigenvalue weighted by molar-refractivity contribution is 8.26. The van der Waals surface area contributed by atoms with E-state index in [9.17, 15) is 4.79 Å². The van der Waals surface area contributed by atoms with E-state index in [0.717, 1.165) is 18.7 Å². The minimum atomic E-state index is -0.0206. The first-order valence-electron chi connectivity index (χ1n) is 8.08. The molecular formula is C17H19Cl2N2OS2+. The number of likely N-dealkylation sites (tertiary alicyclic amines) is 1. The van der Waals surface area contributed by atoms with Crippen molar-refractivity contribution in [3.05, 3.63) is 38.7 Å². The lowest BCUT2D eigenvalue weighted by Crippen LogP contribution is -3.13. The molecule has 2 aliphatic rings. The van der Waals surface area contributed by atoms with Crippen LogP contribution >= 0.6 is 47.2 Å². The van der Waals surface area contributed by atoms with Gasteiger partial charge in [-0.05, 0) is 49.5 Å². The molecule has 7 heteroatoms. The number of halogens is 2. The fraction of sp³-hybridized carbons (Fsp3) is 0.412. The van der Waals surface area contributed by atoms with E-state index in [2.05, 4.69) is 0 Å². The first-order valence-corrected chi connectivity index (χ1v) is 10.1. The fourth-order valence-electron chi connectivity index (χ4n) is 3.01. The van der Waals surface area contributed by atoms with Crippen LogP contribution in [0.3, 0.4) is 0 Å². The number of quaternary nitrogens is 1. The molecule has 1 aromatic carbocycles. The van der Waals surface area contributed by atoms with Crippen LogP contribution in [-0.2, 0) is 4.79 Å². The second-order valence-corrected chi connectivity index (χ2v) is 8.62. The quantitative estimate of drug-likeness (QED) is 0.618. The first kappa shape index (κ1) is 18.2. The first-order chi connectivity index (χ1) is 11.5. The maximum Gasteiger partial charge on any atom is 0.270 e. The third-order valence-electron chi connectivity index (χ3n) is 4.32. The van der Waals surface area contributed by atoms with Crippen LogP contribution in [0, 0.1) is 0 Å². The molecule has 0 aliphatic carbocycles. The van der Waals surface area contributed by atoms with Crippen LogP contribution in [0.4, 0.5) is 0 Å². The summed E-state index contributed by atoms with van der Waals surface area (Å²) in [6, 6.07) is 5.26. The maximum absolute atomic E-state index is 12.7. The Kier molecular flexibility index (Phi) is 6.22. The van der Waals surface area contributed by atoms with Gasteiger partial charge in [0.1, 0.15) is 0 Å². The van der Waals surface area contributed by atoms with Gasteiger partial charge in [0.25, 0.3) is 5.91 Å². The van der Waals surface area contributed by atoms with Gasteiger partial charge in [0.2, 0.25) is 0 Å². The van der Waals surface area contributed by atoms with Crippen LogP contribution in [0.1, 0.15) is 31.2 Å². The molecule has 1 amide bonds. The predicted molar refractivity (Wildman–Crippen MR) is 106 cm³/mol. The summed E-state index contributed by atoms with van der Waals surface area (Å²) in [5.74, 6) is -0.0206. The van der Waals surface area contributed by atoms with E-state index in [0.29, 0.717) is 25.9 Å². The summed E-state index contributed by atoms with van der Waals surface area (Å²) >= 11 is 18.9. The molecule has 2 saturated heterocycles. The molecule has 0 unspecified atom stereocenters. The predicted octanol–water partition coefficient (Wildman–Crippen LogP) is 3.61. The number of rotatable bonds is 3. The lowest BCUT2D eigenvalue weighted by molar-refractivity contribution is -0.906. The van der Waals surface area contributed by atoms with Gasteiger partial charge in [0.05, 0.1) is 18.0 Å². The lowest BCUT2D eigenvalue weighted by atomic mass is 10.2. The second kappa shape index (κ2) is 8.19. The molecule has 3 nitrogen and oxygen atoms in total. The molecule has 0 spiro atoms. The van der Waals surface area contributed by atoms with Gasteiger partial charge in [-0.2, -0.15) is 0 Å². The Morgan fingerprint density at radius 1 is 1.21 bits per heavy atom. The standard InChI is InChI=1S/C17H18Cl2N2OS2/c18-13-6-5-12(14(19)10-13)9-15-16(22)21(17(23)24-15)11-20-7-3-1-2-4-8-20/h5-6,9-10H,1-4,7-8,11H2/p+1. The summed E-state index contributed by atoms with van der Waals surface area (Å²) in [5.41, 5.74) is 0.781. The summed E-state index contributed by atoms with van der Waals surface area (Å²) in [4.78, 5) is 16.5. The van der Waals surface area contributed by atoms with Gasteiger partial charge in [-0.3, -0.25) is 4.79 Å². The molecule has 0 radical (unpaired) electrons. The van der Waals surface area contributed by atoms with Gasteiger partial charge >= 0.3 is 0 Å². The van der Waals surface area contributed by atoms with Crippen LogP contribution in [0.15, 0.2) is 23.1 Å². The molecule has 2 heterocycles. The van der Waals surface area contributed by atoms with Crippen molar-refractivity contribution in [3.63, 3.8) is 0 Å². The van der Waals surface area contributed by atoms with Gasteiger partial charge in [0.15, 0.2) is 11.0 Å². The van der Waals surface area contributed by atoms with Crippen molar-refractivity contribution in [2.75, 3.05) is 19.8 Å². The van der Waals surface area contributed by atoms with Crippen molar-refractivity contribution < 1.29 is 9.69 Å². The third kappa shape index (κ3) is 4.33. The molecule has 0 aromatic heterocycles. The van der Waals surface area contributed by atoms with Crippen LogP contribution in [0.2, 0.25) is 10.0 Å². The number of nitrogens with zero attached hydrogens (tertiary/aromatic N) is 1. The Labute approximate surface area is 162 Å². The largest absolute Gasteiger partial charge is 0.317 e.